The smallest absolute Gasteiger partial charge is 0.337 e. The lowest BCUT2D eigenvalue weighted by Gasteiger charge is -2.13. The Hall–Kier alpha value is -2.41. The molecule has 7 heteroatoms. The third kappa shape index (κ3) is 3.79. The third-order valence-corrected chi connectivity index (χ3v) is 3.05. The number of nitrogens with one attached hydrogen (secondary N) is 2. The summed E-state index contributed by atoms with van der Waals surface area (Å²) in [5.41, 5.74) is 0.444. The van der Waals surface area contributed by atoms with Gasteiger partial charge in [-0.15, -0.1) is 0 Å². The molecule has 0 bridgehead atoms. The van der Waals surface area contributed by atoms with E-state index in [0.717, 1.165) is 6.42 Å². The Labute approximate surface area is 121 Å². The van der Waals surface area contributed by atoms with Gasteiger partial charge in [0, 0.05) is 19.2 Å². The van der Waals surface area contributed by atoms with E-state index in [4.69, 9.17) is 4.74 Å². The van der Waals surface area contributed by atoms with Crippen molar-refractivity contribution in [3.05, 3.63) is 23.8 Å². The highest BCUT2D eigenvalue weighted by Gasteiger charge is 2.25. The van der Waals surface area contributed by atoms with E-state index < -0.39 is 12.1 Å². The van der Waals surface area contributed by atoms with Gasteiger partial charge in [-0.25, -0.2) is 4.79 Å². The van der Waals surface area contributed by atoms with E-state index in [1.165, 1.54) is 25.1 Å². The zero-order valence-corrected chi connectivity index (χ0v) is 11.5. The van der Waals surface area contributed by atoms with Gasteiger partial charge in [0.2, 0.25) is 5.91 Å². The summed E-state index contributed by atoms with van der Waals surface area (Å²) in [6, 6.07) is 4.27. The molecule has 1 aliphatic heterocycles. The van der Waals surface area contributed by atoms with Gasteiger partial charge in [0.15, 0.2) is 0 Å². The molecule has 3 N–H and O–H groups in total. The molecule has 0 aromatic heterocycles. The molecule has 0 radical (unpaired) electrons. The topological polar surface area (TPSA) is 105 Å². The Bertz CT molecular complexity index is 579. The zero-order valence-electron chi connectivity index (χ0n) is 11.5. The Morgan fingerprint density at radius 1 is 1.29 bits per heavy atom. The van der Waals surface area contributed by atoms with Crippen molar-refractivity contribution in [1.29, 1.82) is 0 Å². The predicted molar refractivity (Wildman–Crippen MR) is 75.3 cm³/mol. The van der Waals surface area contributed by atoms with Gasteiger partial charge < -0.3 is 20.5 Å². The molecule has 1 unspecified atom stereocenters. The van der Waals surface area contributed by atoms with Crippen molar-refractivity contribution in [2.75, 3.05) is 17.2 Å². The second-order valence-electron chi connectivity index (χ2n) is 4.74. The second-order valence-corrected chi connectivity index (χ2v) is 4.74. The molecule has 1 aromatic rings. The standard InChI is InChI=1S/C14H16N2O5/c1-8(17)15-9-4-5-11(10(7-9)14(19)20)16-13(18)12-3-2-6-21-12/h4-5,7,12H,2-3,6H2,1H3,(H,15,17)(H,16,18)(H,19,20). The lowest BCUT2D eigenvalue weighted by Crippen LogP contribution is -2.27. The van der Waals surface area contributed by atoms with Crippen LogP contribution in [0.4, 0.5) is 11.4 Å². The van der Waals surface area contributed by atoms with E-state index >= 15 is 0 Å². The van der Waals surface area contributed by atoms with Crippen LogP contribution in [-0.2, 0) is 14.3 Å². The number of benzene rings is 1. The van der Waals surface area contributed by atoms with Gasteiger partial charge >= 0.3 is 5.97 Å². The lowest BCUT2D eigenvalue weighted by atomic mass is 10.1. The minimum atomic E-state index is -1.19. The first-order chi connectivity index (χ1) is 9.97. The first kappa shape index (κ1) is 15.0. The maximum Gasteiger partial charge on any atom is 0.337 e. The summed E-state index contributed by atoms with van der Waals surface area (Å²) in [6.07, 6.45) is 0.894. The van der Waals surface area contributed by atoms with E-state index in [1.54, 1.807) is 0 Å². The van der Waals surface area contributed by atoms with Crippen LogP contribution >= 0.6 is 0 Å². The van der Waals surface area contributed by atoms with Crippen molar-refractivity contribution < 1.29 is 24.2 Å². The average molecular weight is 292 g/mol. The molecule has 2 amide bonds. The normalized spacial score (nSPS) is 17.3. The number of ether oxygens (including phenoxy) is 1. The SMILES string of the molecule is CC(=O)Nc1ccc(NC(=O)C2CCCO2)c(C(=O)O)c1. The van der Waals surface area contributed by atoms with Gasteiger partial charge in [-0.2, -0.15) is 0 Å². The van der Waals surface area contributed by atoms with Crippen molar-refractivity contribution >= 4 is 29.2 Å². The van der Waals surface area contributed by atoms with E-state index in [-0.39, 0.29) is 23.1 Å². The number of aromatic carboxylic acids is 1. The number of amides is 2. The molecule has 0 saturated carbocycles. The highest BCUT2D eigenvalue weighted by Crippen LogP contribution is 2.22. The molecule has 0 aliphatic carbocycles. The predicted octanol–water partition coefficient (Wildman–Crippen LogP) is 1.46. The fraction of sp³-hybridized carbons (Fsp3) is 0.357. The summed E-state index contributed by atoms with van der Waals surface area (Å²) in [5, 5.41) is 14.3. The molecule has 1 aliphatic rings. The summed E-state index contributed by atoms with van der Waals surface area (Å²) in [7, 11) is 0. The summed E-state index contributed by atoms with van der Waals surface area (Å²) < 4.78 is 5.25. The van der Waals surface area contributed by atoms with Crippen molar-refractivity contribution in [2.45, 2.75) is 25.9 Å². The average Bonchev–Trinajstić information content (AvgIpc) is 2.93. The Balaban J connectivity index is 2.19. The van der Waals surface area contributed by atoms with Crippen LogP contribution in [0, 0.1) is 0 Å². The molecular weight excluding hydrogens is 276 g/mol. The van der Waals surface area contributed by atoms with Crippen LogP contribution in [0.5, 0.6) is 0 Å². The van der Waals surface area contributed by atoms with Gasteiger partial charge in [-0.05, 0) is 31.0 Å². The van der Waals surface area contributed by atoms with Crippen LogP contribution in [0.15, 0.2) is 18.2 Å². The molecule has 7 nitrogen and oxygen atoms in total. The molecule has 1 aromatic carbocycles. The maximum atomic E-state index is 12.0. The van der Waals surface area contributed by atoms with Crippen molar-refractivity contribution in [3.8, 4) is 0 Å². The number of carboxylic acid groups (broad SMARTS) is 1. The van der Waals surface area contributed by atoms with E-state index in [1.807, 2.05) is 0 Å². The Morgan fingerprint density at radius 2 is 2.05 bits per heavy atom. The highest BCUT2D eigenvalue weighted by atomic mass is 16.5. The first-order valence-electron chi connectivity index (χ1n) is 6.55. The third-order valence-electron chi connectivity index (χ3n) is 3.05. The molecule has 1 heterocycles. The minimum absolute atomic E-state index is 0.0902. The molecular formula is C14H16N2O5. The van der Waals surface area contributed by atoms with Crippen LogP contribution in [0.3, 0.4) is 0 Å². The highest BCUT2D eigenvalue weighted by molar-refractivity contribution is 6.03. The molecule has 21 heavy (non-hydrogen) atoms. The number of hydrogen-bond donors (Lipinski definition) is 3. The largest absolute Gasteiger partial charge is 0.478 e. The monoisotopic (exact) mass is 292 g/mol. The quantitative estimate of drug-likeness (QED) is 0.779. The molecule has 1 atom stereocenters. The lowest BCUT2D eigenvalue weighted by molar-refractivity contribution is -0.124. The summed E-state index contributed by atoms with van der Waals surface area (Å²) in [5.74, 6) is -1.85. The first-order valence-corrected chi connectivity index (χ1v) is 6.55. The number of carbonyl (C=O) groups is 3. The number of carboxylic acids is 1. The van der Waals surface area contributed by atoms with Gasteiger partial charge in [0.1, 0.15) is 6.10 Å². The van der Waals surface area contributed by atoms with E-state index in [2.05, 4.69) is 10.6 Å². The maximum absolute atomic E-state index is 12.0. The fourth-order valence-corrected chi connectivity index (χ4v) is 2.11. The van der Waals surface area contributed by atoms with Gasteiger partial charge in [0.25, 0.3) is 5.91 Å². The fourth-order valence-electron chi connectivity index (χ4n) is 2.11. The summed E-state index contributed by atoms with van der Waals surface area (Å²) in [4.78, 5) is 34.2. The minimum Gasteiger partial charge on any atom is -0.478 e. The number of anilines is 2. The van der Waals surface area contributed by atoms with Crippen LogP contribution in [0.2, 0.25) is 0 Å². The van der Waals surface area contributed by atoms with Crippen molar-refractivity contribution in [2.24, 2.45) is 0 Å². The van der Waals surface area contributed by atoms with Crippen LogP contribution in [-0.4, -0.2) is 35.6 Å². The number of rotatable bonds is 4. The van der Waals surface area contributed by atoms with E-state index in [0.29, 0.717) is 18.7 Å². The van der Waals surface area contributed by atoms with Gasteiger partial charge in [-0.3, -0.25) is 9.59 Å². The molecule has 2 rings (SSSR count). The number of carbonyl (C=O) groups excluding carboxylic acids is 2. The van der Waals surface area contributed by atoms with Crippen LogP contribution < -0.4 is 10.6 Å². The van der Waals surface area contributed by atoms with Gasteiger partial charge in [0.05, 0.1) is 11.3 Å². The molecule has 0 spiro atoms. The van der Waals surface area contributed by atoms with Crippen LogP contribution in [0.1, 0.15) is 30.1 Å². The summed E-state index contributed by atoms with van der Waals surface area (Å²) >= 11 is 0. The van der Waals surface area contributed by atoms with Crippen LogP contribution in [0.25, 0.3) is 0 Å². The molecule has 1 saturated heterocycles. The molecule has 1 fully saturated rings. The van der Waals surface area contributed by atoms with Crippen molar-refractivity contribution in [3.63, 3.8) is 0 Å². The van der Waals surface area contributed by atoms with E-state index in [9.17, 15) is 19.5 Å². The van der Waals surface area contributed by atoms with Crippen molar-refractivity contribution in [1.82, 2.24) is 0 Å². The second kappa shape index (κ2) is 6.36. The molecule has 112 valence electrons. The Kier molecular flexibility index (Phi) is 4.54. The zero-order chi connectivity index (χ0) is 15.4. The summed E-state index contributed by atoms with van der Waals surface area (Å²) in [6.45, 7) is 1.86. The Morgan fingerprint density at radius 3 is 2.62 bits per heavy atom. The van der Waals surface area contributed by atoms with Gasteiger partial charge in [-0.1, -0.05) is 0 Å². The number of hydrogen-bond acceptors (Lipinski definition) is 4.